The van der Waals surface area contributed by atoms with Crippen LogP contribution < -0.4 is 10.7 Å². The minimum absolute atomic E-state index is 0.210. The summed E-state index contributed by atoms with van der Waals surface area (Å²) < 4.78 is 30.5. The van der Waals surface area contributed by atoms with Crippen LogP contribution in [0.5, 0.6) is 0 Å². The van der Waals surface area contributed by atoms with Gasteiger partial charge in [-0.2, -0.15) is 8.42 Å². The summed E-state index contributed by atoms with van der Waals surface area (Å²) in [5.41, 5.74) is 3.14. The fourth-order valence-electron chi connectivity index (χ4n) is 1.84. The molecule has 0 aromatic heterocycles. The minimum Gasteiger partial charge on any atom is -0.307 e. The Morgan fingerprint density at radius 1 is 1.16 bits per heavy atom. The molecule has 0 aliphatic carbocycles. The van der Waals surface area contributed by atoms with Gasteiger partial charge >= 0.3 is 6.03 Å². The van der Waals surface area contributed by atoms with Gasteiger partial charge in [0.15, 0.2) is 0 Å². The second kappa shape index (κ2) is 5.55. The van der Waals surface area contributed by atoms with Crippen molar-refractivity contribution in [1.29, 1.82) is 0 Å². The van der Waals surface area contributed by atoms with Crippen LogP contribution in [-0.4, -0.2) is 37.1 Å². The minimum atomic E-state index is -4.20. The second-order valence-electron chi connectivity index (χ2n) is 4.26. The van der Waals surface area contributed by atoms with Crippen LogP contribution in [0.4, 0.5) is 10.5 Å². The molecule has 1 aliphatic heterocycles. The van der Waals surface area contributed by atoms with Crippen LogP contribution in [0.3, 0.4) is 0 Å². The molecule has 1 saturated heterocycles. The number of carbonyl (C=O) groups excluding carboxylic acids is 1. The molecule has 104 valence electrons. The molecule has 8 heteroatoms. The highest BCUT2D eigenvalue weighted by Gasteiger charge is 2.14. The number of rotatable bonds is 3. The first-order chi connectivity index (χ1) is 8.95. The number of hydrogen-bond acceptors (Lipinski definition) is 4. The van der Waals surface area contributed by atoms with Crippen molar-refractivity contribution in [2.45, 2.75) is 17.7 Å². The van der Waals surface area contributed by atoms with Gasteiger partial charge in [-0.25, -0.2) is 9.80 Å². The van der Waals surface area contributed by atoms with Crippen LogP contribution in [0, 0.1) is 0 Å². The van der Waals surface area contributed by atoms with Gasteiger partial charge in [-0.3, -0.25) is 9.98 Å². The molecule has 0 unspecified atom stereocenters. The zero-order chi connectivity index (χ0) is 13.9. The lowest BCUT2D eigenvalue weighted by molar-refractivity contribution is 0.209. The van der Waals surface area contributed by atoms with E-state index in [0.717, 1.165) is 25.9 Å². The Morgan fingerprint density at radius 3 is 2.26 bits per heavy atom. The molecule has 1 heterocycles. The van der Waals surface area contributed by atoms with Crippen molar-refractivity contribution in [3.63, 3.8) is 0 Å². The topological polar surface area (TPSA) is 98.7 Å². The third-order valence-corrected chi connectivity index (χ3v) is 3.64. The van der Waals surface area contributed by atoms with Gasteiger partial charge in [-0.05, 0) is 37.1 Å². The summed E-state index contributed by atoms with van der Waals surface area (Å²) in [6.45, 7) is 1.66. The van der Waals surface area contributed by atoms with Gasteiger partial charge in [-0.1, -0.05) is 0 Å². The van der Waals surface area contributed by atoms with Crippen molar-refractivity contribution in [3.8, 4) is 0 Å². The highest BCUT2D eigenvalue weighted by atomic mass is 32.2. The van der Waals surface area contributed by atoms with E-state index in [1.54, 1.807) is 0 Å². The van der Waals surface area contributed by atoms with Crippen LogP contribution in [0.25, 0.3) is 0 Å². The normalized spacial score (nSPS) is 16.3. The lowest BCUT2D eigenvalue weighted by Crippen LogP contribution is -2.42. The fraction of sp³-hybridized carbons (Fsp3) is 0.364. The smallest absolute Gasteiger partial charge is 0.307 e. The average Bonchev–Trinajstić information content (AvgIpc) is 2.81. The summed E-state index contributed by atoms with van der Waals surface area (Å²) in [4.78, 5) is 11.4. The fourth-order valence-corrected chi connectivity index (χ4v) is 2.32. The third kappa shape index (κ3) is 3.91. The molecule has 0 atom stereocenters. The van der Waals surface area contributed by atoms with E-state index in [2.05, 4.69) is 10.7 Å². The van der Waals surface area contributed by atoms with E-state index in [1.807, 2.05) is 5.01 Å². The van der Waals surface area contributed by atoms with Crippen molar-refractivity contribution in [1.82, 2.24) is 10.4 Å². The van der Waals surface area contributed by atoms with E-state index in [4.69, 9.17) is 4.55 Å². The Labute approximate surface area is 111 Å². The van der Waals surface area contributed by atoms with Gasteiger partial charge < -0.3 is 5.32 Å². The van der Waals surface area contributed by atoms with Crippen molar-refractivity contribution in [2.24, 2.45) is 0 Å². The van der Waals surface area contributed by atoms with Crippen molar-refractivity contribution >= 4 is 21.8 Å². The van der Waals surface area contributed by atoms with Gasteiger partial charge in [0.25, 0.3) is 10.1 Å². The number of anilines is 1. The summed E-state index contributed by atoms with van der Waals surface area (Å²) in [5, 5.41) is 4.40. The van der Waals surface area contributed by atoms with Crippen LogP contribution in [-0.2, 0) is 10.1 Å². The van der Waals surface area contributed by atoms with E-state index in [0.29, 0.717) is 5.69 Å². The number of hydrazine groups is 1. The maximum atomic E-state index is 11.6. The monoisotopic (exact) mass is 285 g/mol. The molecule has 2 amide bonds. The number of amides is 2. The van der Waals surface area contributed by atoms with Crippen LogP contribution in [0.1, 0.15) is 12.8 Å². The Morgan fingerprint density at radius 2 is 1.74 bits per heavy atom. The summed E-state index contributed by atoms with van der Waals surface area (Å²) in [5.74, 6) is 0. The molecule has 7 nitrogen and oxygen atoms in total. The van der Waals surface area contributed by atoms with Crippen molar-refractivity contribution < 1.29 is 17.8 Å². The van der Waals surface area contributed by atoms with Gasteiger partial charge in [0, 0.05) is 18.8 Å². The molecule has 1 fully saturated rings. The molecule has 3 N–H and O–H groups in total. The van der Waals surface area contributed by atoms with Crippen molar-refractivity contribution in [2.75, 3.05) is 18.4 Å². The van der Waals surface area contributed by atoms with E-state index in [1.165, 1.54) is 24.3 Å². The van der Waals surface area contributed by atoms with Crippen LogP contribution in [0.2, 0.25) is 0 Å². The largest absolute Gasteiger partial charge is 0.333 e. The second-order valence-corrected chi connectivity index (χ2v) is 5.68. The number of nitrogens with zero attached hydrogens (tertiary/aromatic N) is 1. The Hall–Kier alpha value is -1.64. The molecule has 1 aromatic rings. The molecule has 0 spiro atoms. The molecule has 2 rings (SSSR count). The van der Waals surface area contributed by atoms with E-state index < -0.39 is 10.1 Å². The van der Waals surface area contributed by atoms with Gasteiger partial charge in [0.05, 0.1) is 4.90 Å². The van der Waals surface area contributed by atoms with Gasteiger partial charge in [0.1, 0.15) is 0 Å². The predicted octanol–water partition coefficient (Wildman–Crippen LogP) is 1.07. The first kappa shape index (κ1) is 13.8. The maximum Gasteiger partial charge on any atom is 0.333 e. The molecule has 0 bridgehead atoms. The van der Waals surface area contributed by atoms with E-state index in [-0.39, 0.29) is 10.9 Å². The first-order valence-electron chi connectivity index (χ1n) is 5.85. The standard InChI is InChI=1S/C11H15N3O4S/c15-11(13-14-7-1-2-8-14)12-9-3-5-10(6-4-9)19(16,17)18/h3-6H,1-2,7-8H2,(H2,12,13,15)(H,16,17,18). The zero-order valence-corrected chi connectivity index (χ0v) is 11.0. The quantitative estimate of drug-likeness (QED) is 0.721. The Kier molecular flexibility index (Phi) is 4.03. The summed E-state index contributed by atoms with van der Waals surface area (Å²) in [6.07, 6.45) is 2.12. The molecule has 19 heavy (non-hydrogen) atoms. The number of urea groups is 1. The first-order valence-corrected chi connectivity index (χ1v) is 7.29. The van der Waals surface area contributed by atoms with Gasteiger partial charge in [0.2, 0.25) is 0 Å². The molecule has 0 saturated carbocycles. The molecule has 1 aromatic carbocycles. The van der Waals surface area contributed by atoms with Crippen LogP contribution in [0.15, 0.2) is 29.2 Å². The lowest BCUT2D eigenvalue weighted by Gasteiger charge is -2.16. The summed E-state index contributed by atoms with van der Waals surface area (Å²) in [7, 11) is -4.20. The number of carbonyl (C=O) groups is 1. The average molecular weight is 285 g/mol. The maximum absolute atomic E-state index is 11.6. The number of nitrogens with one attached hydrogen (secondary N) is 2. The predicted molar refractivity (Wildman–Crippen MR) is 69.2 cm³/mol. The highest BCUT2D eigenvalue weighted by Crippen LogP contribution is 2.13. The Bertz CT molecular complexity index is 550. The number of hydrogen-bond donors (Lipinski definition) is 3. The van der Waals surface area contributed by atoms with Gasteiger partial charge in [-0.15, -0.1) is 0 Å². The molecule has 1 aliphatic rings. The molecular formula is C11H15N3O4S. The third-order valence-electron chi connectivity index (χ3n) is 2.78. The van der Waals surface area contributed by atoms with E-state index >= 15 is 0 Å². The van der Waals surface area contributed by atoms with Crippen LogP contribution >= 0.6 is 0 Å². The lowest BCUT2D eigenvalue weighted by atomic mass is 10.3. The molecule has 0 radical (unpaired) electrons. The van der Waals surface area contributed by atoms with Crippen molar-refractivity contribution in [3.05, 3.63) is 24.3 Å². The SMILES string of the molecule is O=C(Nc1ccc(S(=O)(=O)O)cc1)NN1CCCC1. The highest BCUT2D eigenvalue weighted by molar-refractivity contribution is 7.85. The molecular weight excluding hydrogens is 270 g/mol. The Balaban J connectivity index is 1.93. The number of benzene rings is 1. The summed E-state index contributed by atoms with van der Waals surface area (Å²) in [6, 6.07) is 4.89. The summed E-state index contributed by atoms with van der Waals surface area (Å²) >= 11 is 0. The van der Waals surface area contributed by atoms with E-state index in [9.17, 15) is 13.2 Å². The zero-order valence-electron chi connectivity index (χ0n) is 10.2.